The number of hydrogen-bond acceptors (Lipinski definition) is 0. The standard InChI is InChI=1S/C43H32/c1-43(2)37-22-10-9-19-31(37)32-24-23-30(25-38(32)43)36-26-35(27-13-5-3-6-14-27)41-33-20-11-17-28-18-12-21-34(39(28)33)42(41)40(36)29-15-7-4-8-16-29/h3-10,12-19,21-26H,11,20H2,1-2H3. The minimum Gasteiger partial charge on any atom is -0.0763 e. The summed E-state index contributed by atoms with van der Waals surface area (Å²) in [6, 6.07) is 47.7. The van der Waals surface area contributed by atoms with E-state index in [-0.39, 0.29) is 5.41 Å². The summed E-state index contributed by atoms with van der Waals surface area (Å²) >= 11 is 0. The Balaban J connectivity index is 1.41. The van der Waals surface area contributed by atoms with Crippen LogP contribution in [-0.2, 0) is 5.41 Å². The Morgan fingerprint density at radius 2 is 1.14 bits per heavy atom. The Morgan fingerprint density at radius 1 is 0.465 bits per heavy atom. The quantitative estimate of drug-likeness (QED) is 0.206. The Bertz CT molecular complexity index is 2230. The Morgan fingerprint density at radius 3 is 1.95 bits per heavy atom. The van der Waals surface area contributed by atoms with Crippen LogP contribution in [0.1, 0.15) is 43.4 Å². The third-order valence-electron chi connectivity index (χ3n) is 10.1. The summed E-state index contributed by atoms with van der Waals surface area (Å²) < 4.78 is 0. The molecule has 0 amide bonds. The van der Waals surface area contributed by atoms with Crippen LogP contribution in [0.2, 0.25) is 0 Å². The molecule has 0 atom stereocenters. The van der Waals surface area contributed by atoms with E-state index in [1.807, 2.05) is 0 Å². The molecule has 0 bridgehead atoms. The fourth-order valence-corrected chi connectivity index (χ4v) is 8.15. The molecule has 0 heteroatoms. The molecule has 6 aromatic carbocycles. The SMILES string of the molecule is CC1(C)c2ccccc2-c2ccc(-c3cc(-c4ccccc4)c4c(c3-c3ccccc3)-c3cccc5c3=C4CCC=5)cc21. The lowest BCUT2D eigenvalue weighted by atomic mass is 9.79. The van der Waals surface area contributed by atoms with Crippen LogP contribution in [-0.4, -0.2) is 0 Å². The van der Waals surface area contributed by atoms with E-state index in [0.29, 0.717) is 0 Å². The second-order valence-electron chi connectivity index (χ2n) is 12.8. The van der Waals surface area contributed by atoms with Gasteiger partial charge in [0.2, 0.25) is 0 Å². The smallest absolute Gasteiger partial charge is 0.0159 e. The molecule has 0 radical (unpaired) electrons. The predicted molar refractivity (Wildman–Crippen MR) is 181 cm³/mol. The first-order chi connectivity index (χ1) is 21.1. The average molecular weight is 549 g/mol. The normalized spacial score (nSPS) is 14.9. The lowest BCUT2D eigenvalue weighted by Crippen LogP contribution is -2.28. The van der Waals surface area contributed by atoms with Crippen molar-refractivity contribution in [2.75, 3.05) is 0 Å². The van der Waals surface area contributed by atoms with Crippen molar-refractivity contribution in [1.29, 1.82) is 0 Å². The van der Waals surface area contributed by atoms with Crippen LogP contribution in [0.15, 0.2) is 127 Å². The van der Waals surface area contributed by atoms with Gasteiger partial charge in [-0.05, 0) is 113 Å². The number of fused-ring (bicyclic) bond motifs is 6. The number of benzene rings is 6. The molecule has 6 aromatic rings. The van der Waals surface area contributed by atoms with Gasteiger partial charge in [-0.3, -0.25) is 0 Å². The van der Waals surface area contributed by atoms with Crippen LogP contribution < -0.4 is 10.4 Å². The predicted octanol–water partition coefficient (Wildman–Crippen LogP) is 9.75. The van der Waals surface area contributed by atoms with Gasteiger partial charge < -0.3 is 0 Å². The van der Waals surface area contributed by atoms with Gasteiger partial charge in [0.05, 0.1) is 0 Å². The Kier molecular flexibility index (Phi) is 5.17. The van der Waals surface area contributed by atoms with Crippen molar-refractivity contribution in [2.24, 2.45) is 0 Å². The van der Waals surface area contributed by atoms with E-state index < -0.39 is 0 Å². The van der Waals surface area contributed by atoms with Gasteiger partial charge in [-0.15, -0.1) is 0 Å². The highest BCUT2D eigenvalue weighted by atomic mass is 14.4. The maximum Gasteiger partial charge on any atom is 0.0159 e. The largest absolute Gasteiger partial charge is 0.0763 e. The van der Waals surface area contributed by atoms with E-state index in [9.17, 15) is 0 Å². The van der Waals surface area contributed by atoms with Crippen molar-refractivity contribution in [1.82, 2.24) is 0 Å². The van der Waals surface area contributed by atoms with Crippen molar-refractivity contribution in [3.63, 3.8) is 0 Å². The summed E-state index contributed by atoms with van der Waals surface area (Å²) in [7, 11) is 0. The van der Waals surface area contributed by atoms with E-state index in [1.54, 1.807) is 0 Å². The average Bonchev–Trinajstić information content (AvgIpc) is 3.51. The summed E-state index contributed by atoms with van der Waals surface area (Å²) in [5, 5.41) is 2.83. The first-order valence-electron chi connectivity index (χ1n) is 15.5. The molecule has 0 fully saturated rings. The van der Waals surface area contributed by atoms with Gasteiger partial charge in [0, 0.05) is 5.41 Å². The number of rotatable bonds is 3. The highest BCUT2D eigenvalue weighted by molar-refractivity contribution is 6.08. The van der Waals surface area contributed by atoms with E-state index in [0.717, 1.165) is 12.8 Å². The molecule has 0 aliphatic heterocycles. The van der Waals surface area contributed by atoms with Crippen molar-refractivity contribution in [2.45, 2.75) is 32.1 Å². The molecule has 43 heavy (non-hydrogen) atoms. The van der Waals surface area contributed by atoms with Crippen LogP contribution in [0.4, 0.5) is 0 Å². The lowest BCUT2D eigenvalue weighted by Gasteiger charge is -2.24. The molecule has 0 saturated heterocycles. The van der Waals surface area contributed by atoms with E-state index >= 15 is 0 Å². The first kappa shape index (κ1) is 24.6. The maximum absolute atomic E-state index is 2.50. The summed E-state index contributed by atoms with van der Waals surface area (Å²) in [4.78, 5) is 0. The highest BCUT2D eigenvalue weighted by Crippen LogP contribution is 2.53. The van der Waals surface area contributed by atoms with E-state index in [4.69, 9.17) is 0 Å². The van der Waals surface area contributed by atoms with Crippen molar-refractivity contribution < 1.29 is 0 Å². The van der Waals surface area contributed by atoms with Crippen molar-refractivity contribution in [3.05, 3.63) is 155 Å². The summed E-state index contributed by atoms with van der Waals surface area (Å²) in [6.07, 6.45) is 4.60. The number of hydrogen-bond donors (Lipinski definition) is 0. The van der Waals surface area contributed by atoms with Gasteiger partial charge in [0.25, 0.3) is 0 Å². The molecule has 0 nitrogen and oxygen atoms in total. The van der Waals surface area contributed by atoms with Gasteiger partial charge in [0.15, 0.2) is 0 Å². The van der Waals surface area contributed by atoms with Crippen LogP contribution >= 0.6 is 0 Å². The molecule has 0 unspecified atom stereocenters. The van der Waals surface area contributed by atoms with Gasteiger partial charge in [-0.2, -0.15) is 0 Å². The van der Waals surface area contributed by atoms with Crippen LogP contribution in [0.3, 0.4) is 0 Å². The zero-order chi connectivity index (χ0) is 28.7. The molecule has 0 saturated carbocycles. The van der Waals surface area contributed by atoms with Crippen molar-refractivity contribution in [3.8, 4) is 55.6 Å². The Hall–Kier alpha value is -4.94. The van der Waals surface area contributed by atoms with Crippen LogP contribution in [0, 0.1) is 0 Å². The fourth-order valence-electron chi connectivity index (χ4n) is 8.15. The summed E-state index contributed by atoms with van der Waals surface area (Å²) in [6.45, 7) is 4.76. The van der Waals surface area contributed by atoms with Gasteiger partial charge in [0.1, 0.15) is 0 Å². The molecule has 204 valence electrons. The minimum absolute atomic E-state index is 0.0507. The lowest BCUT2D eigenvalue weighted by molar-refractivity contribution is 0.660. The molecule has 0 spiro atoms. The molecule has 0 aromatic heterocycles. The molecule has 3 aliphatic carbocycles. The third kappa shape index (κ3) is 3.44. The zero-order valence-corrected chi connectivity index (χ0v) is 24.6. The first-order valence-corrected chi connectivity index (χ1v) is 15.5. The molecular weight excluding hydrogens is 516 g/mol. The second kappa shape index (κ2) is 9.03. The topological polar surface area (TPSA) is 0 Å². The minimum atomic E-state index is -0.0507. The van der Waals surface area contributed by atoms with Crippen LogP contribution in [0.5, 0.6) is 0 Å². The monoisotopic (exact) mass is 548 g/mol. The zero-order valence-electron chi connectivity index (χ0n) is 24.6. The van der Waals surface area contributed by atoms with Crippen molar-refractivity contribution >= 4 is 11.6 Å². The summed E-state index contributed by atoms with van der Waals surface area (Å²) in [5.41, 5.74) is 19.1. The van der Waals surface area contributed by atoms with Gasteiger partial charge in [-0.25, -0.2) is 0 Å². The van der Waals surface area contributed by atoms with Crippen LogP contribution in [0.25, 0.3) is 67.3 Å². The Labute approximate surface area is 253 Å². The van der Waals surface area contributed by atoms with Gasteiger partial charge in [-0.1, -0.05) is 135 Å². The molecule has 9 rings (SSSR count). The van der Waals surface area contributed by atoms with E-state index in [2.05, 4.69) is 147 Å². The highest BCUT2D eigenvalue weighted by Gasteiger charge is 2.36. The van der Waals surface area contributed by atoms with E-state index in [1.165, 1.54) is 88.3 Å². The molecule has 0 heterocycles. The fraction of sp³-hybridized carbons (Fsp3) is 0.116. The molecule has 3 aliphatic rings. The summed E-state index contributed by atoms with van der Waals surface area (Å²) in [5.74, 6) is 0. The molecule has 0 N–H and O–H groups in total. The maximum atomic E-state index is 2.50. The van der Waals surface area contributed by atoms with Gasteiger partial charge >= 0.3 is 0 Å². The molecular formula is C43H32. The second-order valence-corrected chi connectivity index (χ2v) is 12.8. The third-order valence-corrected chi connectivity index (χ3v) is 10.1.